The van der Waals surface area contributed by atoms with Crippen molar-refractivity contribution in [3.63, 3.8) is 0 Å². The molecular weight excluding hydrogens is 263 g/mol. The molecule has 2 heterocycles. The lowest BCUT2D eigenvalue weighted by molar-refractivity contribution is -0.182. The van der Waals surface area contributed by atoms with Gasteiger partial charge in [0, 0.05) is 19.3 Å². The second-order valence-corrected chi connectivity index (χ2v) is 4.45. The molecule has 1 aliphatic heterocycles. The Kier molecular flexibility index (Phi) is 3.25. The van der Waals surface area contributed by atoms with Gasteiger partial charge in [0.15, 0.2) is 0 Å². The molecule has 0 aliphatic carbocycles. The van der Waals surface area contributed by atoms with Gasteiger partial charge in [-0.3, -0.25) is 9.59 Å². The predicted octanol–water partition coefficient (Wildman–Crippen LogP) is 0.750. The minimum absolute atomic E-state index is 0.186. The number of carbonyl (C=O) groups excluding carboxylic acids is 2. The van der Waals surface area contributed by atoms with Crippen LogP contribution in [0, 0.1) is 11.8 Å². The summed E-state index contributed by atoms with van der Waals surface area (Å²) in [5, 5.41) is 0. The molecule has 3 N–H and O–H groups in total. The number of nitrogens with one attached hydrogen (secondary N) is 1. The number of H-pyrrole nitrogens is 1. The van der Waals surface area contributed by atoms with E-state index in [0.717, 1.165) is 4.90 Å². The zero-order valence-corrected chi connectivity index (χ0v) is 9.78. The lowest BCUT2D eigenvalue weighted by Crippen LogP contribution is -2.37. The second-order valence-electron chi connectivity index (χ2n) is 4.45. The van der Waals surface area contributed by atoms with Gasteiger partial charge in [0.25, 0.3) is 5.91 Å². The first-order valence-electron chi connectivity index (χ1n) is 5.59. The molecule has 2 rings (SSSR count). The quantitative estimate of drug-likeness (QED) is 0.835. The van der Waals surface area contributed by atoms with Crippen LogP contribution in [0.2, 0.25) is 0 Å². The molecule has 2 atom stereocenters. The Balaban J connectivity index is 2.19. The molecule has 1 aromatic heterocycles. The van der Waals surface area contributed by atoms with Crippen LogP contribution in [-0.2, 0) is 4.79 Å². The average Bonchev–Trinajstić information content (AvgIpc) is 2.96. The second kappa shape index (κ2) is 4.60. The topological polar surface area (TPSA) is 79.2 Å². The summed E-state index contributed by atoms with van der Waals surface area (Å²) in [5.41, 5.74) is 5.17. The minimum atomic E-state index is -4.55. The summed E-state index contributed by atoms with van der Waals surface area (Å²) >= 11 is 0. The summed E-state index contributed by atoms with van der Waals surface area (Å²) in [6.07, 6.45) is -3.05. The van der Waals surface area contributed by atoms with Crippen LogP contribution in [0.25, 0.3) is 0 Å². The van der Waals surface area contributed by atoms with Crippen LogP contribution in [0.5, 0.6) is 0 Å². The van der Waals surface area contributed by atoms with Gasteiger partial charge in [0.2, 0.25) is 5.91 Å². The Morgan fingerprint density at radius 2 is 2.05 bits per heavy atom. The summed E-state index contributed by atoms with van der Waals surface area (Å²) < 4.78 is 38.4. The number of nitrogens with zero attached hydrogens (tertiary/aromatic N) is 1. The summed E-state index contributed by atoms with van der Waals surface area (Å²) in [7, 11) is 0. The number of aromatic nitrogens is 1. The maximum Gasteiger partial charge on any atom is 0.394 e. The molecule has 2 amide bonds. The molecule has 1 aromatic rings. The molecule has 0 saturated carbocycles. The van der Waals surface area contributed by atoms with Crippen molar-refractivity contribution in [2.75, 3.05) is 13.1 Å². The summed E-state index contributed by atoms with van der Waals surface area (Å²) in [6, 6.07) is 3.03. The number of rotatable bonds is 2. The Morgan fingerprint density at radius 1 is 1.37 bits per heavy atom. The van der Waals surface area contributed by atoms with E-state index in [4.69, 9.17) is 5.73 Å². The van der Waals surface area contributed by atoms with E-state index < -0.39 is 36.4 Å². The number of hydrogen-bond donors (Lipinski definition) is 2. The monoisotopic (exact) mass is 275 g/mol. The molecule has 5 nitrogen and oxygen atoms in total. The van der Waals surface area contributed by atoms with Gasteiger partial charge >= 0.3 is 6.18 Å². The van der Waals surface area contributed by atoms with Crippen molar-refractivity contribution in [3.05, 3.63) is 24.0 Å². The van der Waals surface area contributed by atoms with Crippen molar-refractivity contribution < 1.29 is 22.8 Å². The Labute approximate surface area is 106 Å². The standard InChI is InChI=1S/C11H12F3N3O2/c12-11(13,14)7-5-17(4-6(7)9(15)18)10(19)8-2-1-3-16-8/h1-3,6-7,16H,4-5H2,(H2,15,18)/t6-,7-/m1/s1. The van der Waals surface area contributed by atoms with Crippen molar-refractivity contribution >= 4 is 11.8 Å². The molecule has 0 bridgehead atoms. The van der Waals surface area contributed by atoms with E-state index in [9.17, 15) is 22.8 Å². The fourth-order valence-corrected chi connectivity index (χ4v) is 2.22. The van der Waals surface area contributed by atoms with E-state index in [-0.39, 0.29) is 12.2 Å². The molecule has 1 fully saturated rings. The number of aromatic amines is 1. The van der Waals surface area contributed by atoms with E-state index in [1.54, 1.807) is 6.07 Å². The smallest absolute Gasteiger partial charge is 0.369 e. The highest BCUT2D eigenvalue weighted by Crippen LogP contribution is 2.37. The van der Waals surface area contributed by atoms with E-state index in [0.29, 0.717) is 0 Å². The molecule has 104 valence electrons. The number of carbonyl (C=O) groups is 2. The fourth-order valence-electron chi connectivity index (χ4n) is 2.22. The van der Waals surface area contributed by atoms with E-state index >= 15 is 0 Å². The predicted molar refractivity (Wildman–Crippen MR) is 58.9 cm³/mol. The Hall–Kier alpha value is -1.99. The minimum Gasteiger partial charge on any atom is -0.369 e. The molecule has 19 heavy (non-hydrogen) atoms. The van der Waals surface area contributed by atoms with Crippen molar-refractivity contribution in [2.24, 2.45) is 17.6 Å². The lowest BCUT2D eigenvalue weighted by Gasteiger charge is -2.18. The van der Waals surface area contributed by atoms with E-state index in [1.165, 1.54) is 12.3 Å². The summed E-state index contributed by atoms with van der Waals surface area (Å²) in [5.74, 6) is -4.89. The highest BCUT2D eigenvalue weighted by molar-refractivity contribution is 5.93. The van der Waals surface area contributed by atoms with Gasteiger partial charge in [0.05, 0.1) is 11.8 Å². The summed E-state index contributed by atoms with van der Waals surface area (Å²) in [4.78, 5) is 26.6. The number of amides is 2. The molecule has 0 radical (unpaired) electrons. The van der Waals surface area contributed by atoms with Gasteiger partial charge < -0.3 is 15.6 Å². The van der Waals surface area contributed by atoms with Crippen LogP contribution in [-0.4, -0.2) is 41.0 Å². The lowest BCUT2D eigenvalue weighted by atomic mass is 9.95. The van der Waals surface area contributed by atoms with Gasteiger partial charge in [-0.25, -0.2) is 0 Å². The van der Waals surface area contributed by atoms with E-state index in [2.05, 4.69) is 4.98 Å². The number of hydrogen-bond acceptors (Lipinski definition) is 2. The fraction of sp³-hybridized carbons (Fsp3) is 0.455. The maximum absolute atomic E-state index is 12.8. The Morgan fingerprint density at radius 3 is 2.47 bits per heavy atom. The third kappa shape index (κ3) is 2.56. The first-order valence-corrected chi connectivity index (χ1v) is 5.59. The van der Waals surface area contributed by atoms with Gasteiger partial charge in [-0.2, -0.15) is 13.2 Å². The van der Waals surface area contributed by atoms with Crippen molar-refractivity contribution in [3.8, 4) is 0 Å². The first-order chi connectivity index (χ1) is 8.80. The van der Waals surface area contributed by atoms with Crippen LogP contribution in [0.15, 0.2) is 18.3 Å². The third-order valence-electron chi connectivity index (χ3n) is 3.22. The number of nitrogens with two attached hydrogens (primary N) is 1. The normalized spacial score (nSPS) is 23.6. The van der Waals surface area contributed by atoms with Gasteiger partial charge in [0.1, 0.15) is 5.69 Å². The van der Waals surface area contributed by atoms with Crippen LogP contribution in [0.1, 0.15) is 10.5 Å². The number of halogens is 3. The van der Waals surface area contributed by atoms with Crippen molar-refractivity contribution in [1.82, 2.24) is 9.88 Å². The van der Waals surface area contributed by atoms with Crippen LogP contribution >= 0.6 is 0 Å². The van der Waals surface area contributed by atoms with Crippen molar-refractivity contribution in [2.45, 2.75) is 6.18 Å². The third-order valence-corrected chi connectivity index (χ3v) is 3.22. The molecule has 0 unspecified atom stereocenters. The maximum atomic E-state index is 12.8. The molecule has 8 heteroatoms. The Bertz CT molecular complexity index is 484. The SMILES string of the molecule is NC(=O)[C@@H]1CN(C(=O)c2ccc[nH]2)C[C@H]1C(F)(F)F. The molecule has 0 spiro atoms. The molecular formula is C11H12F3N3O2. The largest absolute Gasteiger partial charge is 0.394 e. The number of likely N-dealkylation sites (tertiary alicyclic amines) is 1. The molecule has 1 aliphatic rings. The van der Waals surface area contributed by atoms with Crippen LogP contribution in [0.4, 0.5) is 13.2 Å². The van der Waals surface area contributed by atoms with E-state index in [1.807, 2.05) is 0 Å². The number of alkyl halides is 3. The zero-order chi connectivity index (χ0) is 14.2. The highest BCUT2D eigenvalue weighted by Gasteiger charge is 2.52. The first kappa shape index (κ1) is 13.4. The van der Waals surface area contributed by atoms with Crippen LogP contribution in [0.3, 0.4) is 0 Å². The van der Waals surface area contributed by atoms with Crippen LogP contribution < -0.4 is 5.73 Å². The summed E-state index contributed by atoms with van der Waals surface area (Å²) in [6.45, 7) is -0.855. The highest BCUT2D eigenvalue weighted by atomic mass is 19.4. The zero-order valence-electron chi connectivity index (χ0n) is 9.78. The number of primary amides is 1. The molecule has 0 aromatic carbocycles. The average molecular weight is 275 g/mol. The van der Waals surface area contributed by atoms with Gasteiger partial charge in [-0.15, -0.1) is 0 Å². The van der Waals surface area contributed by atoms with Crippen molar-refractivity contribution in [1.29, 1.82) is 0 Å². The van der Waals surface area contributed by atoms with Gasteiger partial charge in [-0.1, -0.05) is 0 Å². The molecule has 1 saturated heterocycles. The van der Waals surface area contributed by atoms with Gasteiger partial charge in [-0.05, 0) is 12.1 Å².